The number of likely N-dealkylation sites (tertiary alicyclic amines) is 1. The van der Waals surface area contributed by atoms with Gasteiger partial charge < -0.3 is 24.0 Å². The first-order valence-electron chi connectivity index (χ1n) is 10.9. The maximum Gasteiger partial charge on any atom is 0.410 e. The van der Waals surface area contributed by atoms with Crippen LogP contribution in [0.3, 0.4) is 0 Å². The van der Waals surface area contributed by atoms with Crippen molar-refractivity contribution in [3.05, 3.63) is 23.8 Å². The van der Waals surface area contributed by atoms with E-state index in [0.29, 0.717) is 44.0 Å². The van der Waals surface area contributed by atoms with Crippen LogP contribution in [0, 0.1) is 0 Å². The predicted molar refractivity (Wildman–Crippen MR) is 118 cm³/mol. The lowest BCUT2D eigenvalue weighted by Crippen LogP contribution is -2.57. The van der Waals surface area contributed by atoms with Crippen molar-refractivity contribution in [2.45, 2.75) is 58.2 Å². The van der Waals surface area contributed by atoms with E-state index in [1.807, 2.05) is 27.7 Å². The van der Waals surface area contributed by atoms with Crippen molar-refractivity contribution in [3.8, 4) is 11.5 Å². The fraction of sp³-hybridized carbons (Fsp3) is 0.609. The molecule has 1 spiro atoms. The second kappa shape index (κ2) is 8.88. The van der Waals surface area contributed by atoms with Gasteiger partial charge in [0.2, 0.25) is 0 Å². The normalized spacial score (nSPS) is 18.4. The molecule has 0 unspecified atom stereocenters. The molecule has 0 aromatic heterocycles. The Bertz CT molecular complexity index is 864. The standard InChI is InChI=1S/C23H33N3O6/c1-7-26-20(28)25(15-16-12-17(30-5)14-18(13-16)31-6)19(27)23(26)8-10-24(11-9-23)21(29)32-22(2,3)4/h12-14H,7-11,15H2,1-6H3. The smallest absolute Gasteiger partial charge is 0.410 e. The molecule has 0 N–H and O–H groups in total. The summed E-state index contributed by atoms with van der Waals surface area (Å²) in [6, 6.07) is 5.00. The molecule has 2 aliphatic heterocycles. The molecule has 2 fully saturated rings. The molecule has 176 valence electrons. The van der Waals surface area contributed by atoms with E-state index in [1.54, 1.807) is 42.2 Å². The molecular formula is C23H33N3O6. The van der Waals surface area contributed by atoms with Gasteiger partial charge in [0.05, 0.1) is 20.8 Å². The van der Waals surface area contributed by atoms with Crippen molar-refractivity contribution in [1.82, 2.24) is 14.7 Å². The Labute approximate surface area is 189 Å². The van der Waals surface area contributed by atoms with Crippen LogP contribution in [-0.2, 0) is 16.1 Å². The van der Waals surface area contributed by atoms with Crippen molar-refractivity contribution < 1.29 is 28.6 Å². The number of hydrogen-bond donors (Lipinski definition) is 0. The number of urea groups is 1. The summed E-state index contributed by atoms with van der Waals surface area (Å²) in [7, 11) is 3.11. The number of amides is 4. The number of benzene rings is 1. The Morgan fingerprint density at radius 1 is 1.03 bits per heavy atom. The first-order valence-corrected chi connectivity index (χ1v) is 10.9. The highest BCUT2D eigenvalue weighted by Gasteiger charge is 2.57. The molecule has 9 heteroatoms. The molecule has 2 saturated heterocycles. The summed E-state index contributed by atoms with van der Waals surface area (Å²) in [4.78, 5) is 43.7. The minimum Gasteiger partial charge on any atom is -0.497 e. The van der Waals surface area contributed by atoms with Crippen molar-refractivity contribution >= 4 is 18.0 Å². The van der Waals surface area contributed by atoms with Crippen LogP contribution in [0.1, 0.15) is 46.1 Å². The number of nitrogens with zero attached hydrogens (tertiary/aromatic N) is 3. The molecule has 0 radical (unpaired) electrons. The molecule has 4 amide bonds. The average molecular weight is 448 g/mol. The molecule has 32 heavy (non-hydrogen) atoms. The number of ether oxygens (including phenoxy) is 3. The fourth-order valence-electron chi connectivity index (χ4n) is 4.37. The van der Waals surface area contributed by atoms with Gasteiger partial charge in [0, 0.05) is 25.7 Å². The van der Waals surface area contributed by atoms with Crippen molar-refractivity contribution in [2.75, 3.05) is 33.9 Å². The second-order valence-corrected chi connectivity index (χ2v) is 9.14. The van der Waals surface area contributed by atoms with E-state index in [9.17, 15) is 14.4 Å². The van der Waals surface area contributed by atoms with Gasteiger partial charge in [-0.25, -0.2) is 9.59 Å². The molecule has 2 aliphatic rings. The van der Waals surface area contributed by atoms with Gasteiger partial charge in [0.15, 0.2) is 0 Å². The number of carbonyl (C=O) groups excluding carboxylic acids is 3. The summed E-state index contributed by atoms with van der Waals surface area (Å²) < 4.78 is 16.1. The lowest BCUT2D eigenvalue weighted by molar-refractivity contribution is -0.136. The van der Waals surface area contributed by atoms with E-state index in [4.69, 9.17) is 14.2 Å². The highest BCUT2D eigenvalue weighted by Crippen LogP contribution is 2.38. The van der Waals surface area contributed by atoms with E-state index in [0.717, 1.165) is 5.56 Å². The molecule has 0 aliphatic carbocycles. The van der Waals surface area contributed by atoms with E-state index in [2.05, 4.69) is 0 Å². The first kappa shape index (κ1) is 23.7. The first-order chi connectivity index (χ1) is 15.0. The van der Waals surface area contributed by atoms with Gasteiger partial charge in [-0.3, -0.25) is 9.69 Å². The van der Waals surface area contributed by atoms with Gasteiger partial charge in [-0.1, -0.05) is 0 Å². The van der Waals surface area contributed by atoms with Crippen molar-refractivity contribution in [3.63, 3.8) is 0 Å². The molecule has 0 bridgehead atoms. The summed E-state index contributed by atoms with van der Waals surface area (Å²) in [5.74, 6) is 0.951. The number of likely N-dealkylation sites (N-methyl/N-ethyl adjacent to an activating group) is 1. The summed E-state index contributed by atoms with van der Waals surface area (Å²) in [6.07, 6.45) is 0.359. The quantitative estimate of drug-likeness (QED) is 0.644. The molecule has 2 heterocycles. The summed E-state index contributed by atoms with van der Waals surface area (Å²) in [5.41, 5.74) is -0.787. The third-order valence-electron chi connectivity index (χ3n) is 5.93. The van der Waals surface area contributed by atoms with Crippen LogP contribution in [0.15, 0.2) is 18.2 Å². The van der Waals surface area contributed by atoms with Crippen LogP contribution < -0.4 is 9.47 Å². The third-order valence-corrected chi connectivity index (χ3v) is 5.93. The summed E-state index contributed by atoms with van der Waals surface area (Å²) in [6.45, 7) is 8.56. The highest BCUT2D eigenvalue weighted by molar-refractivity contribution is 6.07. The SMILES string of the molecule is CCN1C(=O)N(Cc2cc(OC)cc(OC)c2)C(=O)C12CCN(C(=O)OC(C)(C)C)CC2. The van der Waals surface area contributed by atoms with Crippen molar-refractivity contribution in [2.24, 2.45) is 0 Å². The van der Waals surface area contributed by atoms with Gasteiger partial charge in [-0.15, -0.1) is 0 Å². The zero-order valence-electron chi connectivity index (χ0n) is 19.8. The lowest BCUT2D eigenvalue weighted by Gasteiger charge is -2.41. The number of rotatable bonds is 5. The summed E-state index contributed by atoms with van der Waals surface area (Å²) >= 11 is 0. The molecular weight excluding hydrogens is 414 g/mol. The Morgan fingerprint density at radius 3 is 2.06 bits per heavy atom. The molecule has 0 saturated carbocycles. The zero-order valence-corrected chi connectivity index (χ0v) is 19.8. The fourth-order valence-corrected chi connectivity index (χ4v) is 4.37. The van der Waals surface area contributed by atoms with Crippen LogP contribution in [0.2, 0.25) is 0 Å². The lowest BCUT2D eigenvalue weighted by atomic mass is 9.86. The van der Waals surface area contributed by atoms with Crippen LogP contribution in [0.4, 0.5) is 9.59 Å². The number of methoxy groups -OCH3 is 2. The van der Waals surface area contributed by atoms with E-state index < -0.39 is 17.2 Å². The molecule has 1 aromatic rings. The molecule has 9 nitrogen and oxygen atoms in total. The minimum atomic E-state index is -0.937. The Morgan fingerprint density at radius 2 is 1.59 bits per heavy atom. The van der Waals surface area contributed by atoms with E-state index >= 15 is 0 Å². The Hall–Kier alpha value is -2.97. The van der Waals surface area contributed by atoms with Gasteiger partial charge in [0.1, 0.15) is 22.6 Å². The van der Waals surface area contributed by atoms with Gasteiger partial charge in [0.25, 0.3) is 5.91 Å². The number of hydrogen-bond acceptors (Lipinski definition) is 6. The van der Waals surface area contributed by atoms with Crippen LogP contribution in [-0.4, -0.2) is 77.7 Å². The molecule has 0 atom stereocenters. The largest absolute Gasteiger partial charge is 0.497 e. The maximum absolute atomic E-state index is 13.5. The van der Waals surface area contributed by atoms with Gasteiger partial charge in [-0.2, -0.15) is 0 Å². The van der Waals surface area contributed by atoms with Gasteiger partial charge in [-0.05, 0) is 58.2 Å². The molecule has 3 rings (SSSR count). The average Bonchev–Trinajstić information content (AvgIpc) is 2.93. The topological polar surface area (TPSA) is 88.6 Å². The summed E-state index contributed by atoms with van der Waals surface area (Å²) in [5, 5.41) is 0. The van der Waals surface area contributed by atoms with Gasteiger partial charge >= 0.3 is 12.1 Å². The van der Waals surface area contributed by atoms with Crippen LogP contribution in [0.25, 0.3) is 0 Å². The van der Waals surface area contributed by atoms with E-state index in [-0.39, 0.29) is 18.5 Å². The monoisotopic (exact) mass is 447 g/mol. The van der Waals surface area contributed by atoms with Crippen LogP contribution in [0.5, 0.6) is 11.5 Å². The number of piperidine rings is 1. The maximum atomic E-state index is 13.5. The van der Waals surface area contributed by atoms with Crippen molar-refractivity contribution in [1.29, 1.82) is 0 Å². The second-order valence-electron chi connectivity index (χ2n) is 9.14. The highest BCUT2D eigenvalue weighted by atomic mass is 16.6. The number of imide groups is 1. The molecule has 1 aromatic carbocycles. The Balaban J connectivity index is 1.79. The zero-order chi connectivity index (χ0) is 23.7. The predicted octanol–water partition coefficient (Wildman–Crippen LogP) is 3.26. The number of carbonyl (C=O) groups is 3. The van der Waals surface area contributed by atoms with Crippen LogP contribution >= 0.6 is 0 Å². The Kier molecular flexibility index (Phi) is 6.57. The minimum absolute atomic E-state index is 0.124. The third kappa shape index (κ3) is 4.47. The van der Waals surface area contributed by atoms with E-state index in [1.165, 1.54) is 4.90 Å².